The molecule has 0 spiro atoms. The van der Waals surface area contributed by atoms with Crippen molar-refractivity contribution < 1.29 is 23.0 Å². The number of allylic oxidation sites excluding steroid dienone is 1. The molecule has 0 unspecified atom stereocenters. The first-order chi connectivity index (χ1) is 19.5. The Balaban J connectivity index is 1.63. The summed E-state index contributed by atoms with van der Waals surface area (Å²) in [6, 6.07) is 17.5. The fourth-order valence-electron chi connectivity index (χ4n) is 4.43. The molecule has 2 aromatic heterocycles. The maximum absolute atomic E-state index is 14.3. The van der Waals surface area contributed by atoms with Gasteiger partial charge in [-0.3, -0.25) is 4.57 Å². The van der Waals surface area contributed by atoms with Gasteiger partial charge >= 0.3 is 0 Å². The van der Waals surface area contributed by atoms with Crippen LogP contribution in [0.3, 0.4) is 0 Å². The number of rotatable bonds is 10. The molecule has 7 nitrogen and oxygen atoms in total. The predicted molar refractivity (Wildman–Crippen MR) is 152 cm³/mol. The number of fused-ring (bicyclic) bond motifs is 1. The van der Waals surface area contributed by atoms with E-state index in [2.05, 4.69) is 16.8 Å². The van der Waals surface area contributed by atoms with Crippen LogP contribution in [0.5, 0.6) is 17.2 Å². The second-order valence-electron chi connectivity index (χ2n) is 8.69. The Morgan fingerprint density at radius 1 is 0.925 bits per heavy atom. The molecule has 3 aromatic carbocycles. The Kier molecular flexibility index (Phi) is 7.97. The molecule has 204 valence electrons. The van der Waals surface area contributed by atoms with Crippen LogP contribution in [-0.4, -0.2) is 41.1 Å². The Bertz CT molecular complexity index is 1680. The zero-order valence-electron chi connectivity index (χ0n) is 22.1. The van der Waals surface area contributed by atoms with E-state index in [9.17, 15) is 8.78 Å². The Morgan fingerprint density at radius 2 is 1.68 bits per heavy atom. The molecule has 5 aromatic rings. The van der Waals surface area contributed by atoms with Crippen LogP contribution < -0.4 is 14.2 Å². The molecule has 0 saturated heterocycles. The highest BCUT2D eigenvalue weighted by molar-refractivity contribution is 7.98. The number of pyridine rings is 1. The lowest BCUT2D eigenvalue weighted by Crippen LogP contribution is -2.02. The fraction of sp³-hybridized carbons (Fsp3) is 0.167. The third kappa shape index (κ3) is 5.10. The van der Waals surface area contributed by atoms with Crippen molar-refractivity contribution in [1.82, 2.24) is 19.7 Å². The van der Waals surface area contributed by atoms with Crippen LogP contribution in [0.2, 0.25) is 0 Å². The molecule has 0 saturated carbocycles. The maximum Gasteiger partial charge on any atom is 0.203 e. The normalized spacial score (nSPS) is 11.0. The molecule has 0 amide bonds. The van der Waals surface area contributed by atoms with Crippen LogP contribution in [-0.2, 0) is 12.3 Å². The van der Waals surface area contributed by atoms with Gasteiger partial charge in [0, 0.05) is 34.4 Å². The largest absolute Gasteiger partial charge is 0.493 e. The lowest BCUT2D eigenvalue weighted by Gasteiger charge is -2.15. The predicted octanol–water partition coefficient (Wildman–Crippen LogP) is 6.94. The Labute approximate surface area is 234 Å². The van der Waals surface area contributed by atoms with Gasteiger partial charge in [0.15, 0.2) is 34.1 Å². The third-order valence-corrected chi connectivity index (χ3v) is 7.35. The quantitative estimate of drug-likeness (QED) is 0.135. The van der Waals surface area contributed by atoms with Gasteiger partial charge in [-0.15, -0.1) is 16.8 Å². The number of halogens is 2. The summed E-state index contributed by atoms with van der Waals surface area (Å²) in [5.74, 6) is 0.533. The standard InChI is InChI=1S/C30H26F2N4O3S/c1-5-13-36-29(34-35-30(36)40-17-18-9-8-11-22(31)27(18)32)21-16-24(33-23-12-7-6-10-20(21)23)19-14-25(37-2)28(39-4)26(15-19)38-3/h5-12,14-16H,1,13,17H2,2-4H3. The smallest absolute Gasteiger partial charge is 0.203 e. The van der Waals surface area contributed by atoms with E-state index in [1.54, 1.807) is 33.5 Å². The molecule has 0 atom stereocenters. The minimum Gasteiger partial charge on any atom is -0.493 e. The average molecular weight is 561 g/mol. The number of methoxy groups -OCH3 is 3. The van der Waals surface area contributed by atoms with Crippen LogP contribution in [0.25, 0.3) is 33.5 Å². The number of aromatic nitrogens is 4. The number of benzene rings is 3. The molecule has 10 heteroatoms. The van der Waals surface area contributed by atoms with Crippen LogP contribution in [0.1, 0.15) is 5.56 Å². The Morgan fingerprint density at radius 3 is 2.38 bits per heavy atom. The molecule has 0 N–H and O–H groups in total. The summed E-state index contributed by atoms with van der Waals surface area (Å²) in [5.41, 5.74) is 3.23. The monoisotopic (exact) mass is 560 g/mol. The van der Waals surface area contributed by atoms with E-state index in [1.807, 2.05) is 47.0 Å². The molecule has 0 fully saturated rings. The highest BCUT2D eigenvalue weighted by Gasteiger charge is 2.20. The van der Waals surface area contributed by atoms with Crippen molar-refractivity contribution in [3.8, 4) is 39.9 Å². The van der Waals surface area contributed by atoms with Crippen LogP contribution >= 0.6 is 11.8 Å². The number of thioether (sulfide) groups is 1. The van der Waals surface area contributed by atoms with Gasteiger partial charge in [0.1, 0.15) is 0 Å². The maximum atomic E-state index is 14.3. The molecule has 2 heterocycles. The van der Waals surface area contributed by atoms with Crippen molar-refractivity contribution in [2.24, 2.45) is 0 Å². The minimum absolute atomic E-state index is 0.187. The van der Waals surface area contributed by atoms with Crippen LogP contribution in [0.4, 0.5) is 8.78 Å². The number of para-hydroxylation sites is 1. The van der Waals surface area contributed by atoms with Crippen LogP contribution in [0, 0.1) is 11.6 Å². The summed E-state index contributed by atoms with van der Waals surface area (Å²) in [6.07, 6.45) is 1.74. The van der Waals surface area contributed by atoms with Crippen molar-refractivity contribution in [3.63, 3.8) is 0 Å². The first-order valence-corrected chi connectivity index (χ1v) is 13.3. The zero-order valence-corrected chi connectivity index (χ0v) is 23.0. The number of nitrogens with zero attached hydrogens (tertiary/aromatic N) is 4. The van der Waals surface area contributed by atoms with Crippen LogP contribution in [0.15, 0.2) is 78.5 Å². The third-order valence-electron chi connectivity index (χ3n) is 6.33. The van der Waals surface area contributed by atoms with E-state index in [4.69, 9.17) is 19.2 Å². The molecule has 0 radical (unpaired) electrons. The van der Waals surface area contributed by atoms with Crippen molar-refractivity contribution in [3.05, 3.63) is 90.5 Å². The van der Waals surface area contributed by atoms with Gasteiger partial charge in [0.05, 0.1) is 32.5 Å². The summed E-state index contributed by atoms with van der Waals surface area (Å²) in [4.78, 5) is 4.90. The van der Waals surface area contributed by atoms with E-state index in [-0.39, 0.29) is 11.3 Å². The summed E-state index contributed by atoms with van der Waals surface area (Å²) >= 11 is 1.27. The molecule has 0 aliphatic heterocycles. The van der Waals surface area contributed by atoms with Crippen molar-refractivity contribution in [2.75, 3.05) is 21.3 Å². The molecular formula is C30H26F2N4O3S. The second kappa shape index (κ2) is 11.7. The van der Waals surface area contributed by atoms with Gasteiger partial charge < -0.3 is 14.2 Å². The number of ether oxygens (including phenoxy) is 3. The average Bonchev–Trinajstić information content (AvgIpc) is 3.38. The van der Waals surface area contributed by atoms with Crippen molar-refractivity contribution >= 4 is 22.7 Å². The number of hydrogen-bond donors (Lipinski definition) is 0. The van der Waals surface area contributed by atoms with Gasteiger partial charge in [-0.25, -0.2) is 13.8 Å². The van der Waals surface area contributed by atoms with Gasteiger partial charge in [-0.1, -0.05) is 48.2 Å². The molecule has 0 bridgehead atoms. The summed E-state index contributed by atoms with van der Waals surface area (Å²) in [6.45, 7) is 4.30. The highest BCUT2D eigenvalue weighted by atomic mass is 32.2. The van der Waals surface area contributed by atoms with E-state index >= 15 is 0 Å². The molecular weight excluding hydrogens is 534 g/mol. The minimum atomic E-state index is -0.881. The first-order valence-electron chi connectivity index (χ1n) is 12.3. The summed E-state index contributed by atoms with van der Waals surface area (Å²) in [7, 11) is 4.68. The lowest BCUT2D eigenvalue weighted by molar-refractivity contribution is 0.324. The first kappa shape index (κ1) is 27.1. The van der Waals surface area contributed by atoms with Gasteiger partial charge in [0.25, 0.3) is 0 Å². The van der Waals surface area contributed by atoms with E-state index < -0.39 is 11.6 Å². The highest BCUT2D eigenvalue weighted by Crippen LogP contribution is 2.42. The molecule has 5 rings (SSSR count). The molecule has 0 aliphatic rings. The molecule has 40 heavy (non-hydrogen) atoms. The zero-order chi connectivity index (χ0) is 28.2. The van der Waals surface area contributed by atoms with Crippen molar-refractivity contribution in [1.29, 1.82) is 0 Å². The number of hydrogen-bond acceptors (Lipinski definition) is 7. The topological polar surface area (TPSA) is 71.3 Å². The second-order valence-corrected chi connectivity index (χ2v) is 9.64. The summed E-state index contributed by atoms with van der Waals surface area (Å²) in [5, 5.41) is 10.3. The van der Waals surface area contributed by atoms with Gasteiger partial charge in [0.2, 0.25) is 5.75 Å². The van der Waals surface area contributed by atoms with E-state index in [0.717, 1.165) is 28.1 Å². The van der Waals surface area contributed by atoms with Crippen molar-refractivity contribution in [2.45, 2.75) is 17.5 Å². The van der Waals surface area contributed by atoms with E-state index in [1.165, 1.54) is 17.8 Å². The SMILES string of the molecule is C=CCn1c(SCc2cccc(F)c2F)nnc1-c1cc(-c2cc(OC)c(OC)c(OC)c2)nc2ccccc12. The molecule has 0 aliphatic carbocycles. The summed E-state index contributed by atoms with van der Waals surface area (Å²) < 4.78 is 46.5. The van der Waals surface area contributed by atoms with Gasteiger partial charge in [-0.2, -0.15) is 0 Å². The van der Waals surface area contributed by atoms with E-state index in [0.29, 0.717) is 40.5 Å². The van der Waals surface area contributed by atoms with Gasteiger partial charge in [-0.05, 0) is 30.3 Å². The Hall–Kier alpha value is -4.44. The lowest BCUT2D eigenvalue weighted by atomic mass is 10.0. The fourth-order valence-corrected chi connectivity index (χ4v) is 5.35.